The Morgan fingerprint density at radius 2 is 2.14 bits per heavy atom. The van der Waals surface area contributed by atoms with Gasteiger partial charge in [-0.25, -0.2) is 19.5 Å². The molecule has 3 N–H and O–H groups in total. The van der Waals surface area contributed by atoms with E-state index >= 15 is 0 Å². The second kappa shape index (κ2) is 11.8. The average Bonchev–Trinajstić information content (AvgIpc) is 3.44. The summed E-state index contributed by atoms with van der Waals surface area (Å²) < 4.78 is 51.0. The van der Waals surface area contributed by atoms with Crippen LogP contribution >= 0.6 is 7.52 Å². The Kier molecular flexibility index (Phi) is 8.88. The molecule has 1 aliphatic heterocycles. The number of nitrogens with one attached hydrogen (secondary N) is 1. The predicted octanol–water partition coefficient (Wildman–Crippen LogP) is 2.66. The second-order valence-corrected chi connectivity index (χ2v) is 9.12. The Morgan fingerprint density at radius 1 is 1.40 bits per heavy atom. The van der Waals surface area contributed by atoms with Gasteiger partial charge in [-0.05, 0) is 25.8 Å². The van der Waals surface area contributed by atoms with Gasteiger partial charge in [0.1, 0.15) is 23.8 Å². The smallest absolute Gasteiger partial charge is 0.342 e. The second-order valence-electron chi connectivity index (χ2n) is 7.01. The maximum atomic E-state index is 14.7. The Morgan fingerprint density at radius 3 is 2.80 bits per heavy atom. The van der Waals surface area contributed by atoms with Crippen LogP contribution in [0, 0.1) is 0 Å². The standard InChI is InChI=1S/C21H26FN6O6P/c1-4-31-16(29)11-27-35(30,34-14-8-6-5-7-9-14)13-32-17-10-15(22)21(33-17)28-12-26-18(19(23)24-2)20(28)25-3/h5-10,12,17,21H,3-4,11,13H2,1-2H3,(H2,23,24)(H,27,30)/t17-,21+,35-/m0/s1. The van der Waals surface area contributed by atoms with Gasteiger partial charge in [0.25, 0.3) is 0 Å². The van der Waals surface area contributed by atoms with E-state index in [1.165, 1.54) is 17.9 Å². The summed E-state index contributed by atoms with van der Waals surface area (Å²) in [6, 6.07) is 8.32. The lowest BCUT2D eigenvalue weighted by molar-refractivity contribution is -0.141. The molecule has 14 heteroatoms. The number of nitrogens with zero attached hydrogens (tertiary/aromatic N) is 4. The number of halogens is 1. The van der Waals surface area contributed by atoms with Gasteiger partial charge in [0.2, 0.25) is 0 Å². The molecule has 188 valence electrons. The molecule has 0 fully saturated rings. The summed E-state index contributed by atoms with van der Waals surface area (Å²) in [5, 5.41) is 2.55. The van der Waals surface area contributed by atoms with Crippen molar-refractivity contribution in [2.75, 3.05) is 26.5 Å². The fourth-order valence-electron chi connectivity index (χ4n) is 3.02. The SMILES string of the molecule is C=Nc1c(C(N)=NC)ncn1[C@@H]1O[C@H](OC[P@@](=O)(NCC(=O)OCC)Oc2ccccc2)C=C1F. The summed E-state index contributed by atoms with van der Waals surface area (Å²) in [6.45, 7) is 4.89. The first-order valence-electron chi connectivity index (χ1n) is 10.4. The third-order valence-corrected chi connectivity index (χ3v) is 6.26. The number of benzene rings is 1. The van der Waals surface area contributed by atoms with Crippen molar-refractivity contribution in [3.8, 4) is 5.75 Å². The lowest BCUT2D eigenvalue weighted by Gasteiger charge is -2.22. The van der Waals surface area contributed by atoms with Gasteiger partial charge in [-0.3, -0.25) is 18.9 Å². The normalized spacial score (nSPS) is 19.6. The Hall–Kier alpha value is -3.38. The van der Waals surface area contributed by atoms with Crippen LogP contribution in [0.5, 0.6) is 5.75 Å². The molecule has 0 aliphatic carbocycles. The van der Waals surface area contributed by atoms with E-state index in [0.717, 1.165) is 6.08 Å². The number of para-hydroxylation sites is 1. The molecule has 12 nitrogen and oxygen atoms in total. The molecular weight excluding hydrogens is 482 g/mol. The third kappa shape index (κ3) is 6.61. The van der Waals surface area contributed by atoms with Crippen LogP contribution in [-0.2, 0) is 23.6 Å². The lowest BCUT2D eigenvalue weighted by Crippen LogP contribution is -2.27. The largest absolute Gasteiger partial charge is 0.465 e. The van der Waals surface area contributed by atoms with Crippen LogP contribution in [-0.4, -0.2) is 60.9 Å². The molecule has 0 saturated carbocycles. The zero-order valence-corrected chi connectivity index (χ0v) is 20.1. The fourth-order valence-corrected chi connectivity index (χ4v) is 4.41. The summed E-state index contributed by atoms with van der Waals surface area (Å²) in [6.07, 6.45) is -0.694. The van der Waals surface area contributed by atoms with E-state index in [0.29, 0.717) is 0 Å². The van der Waals surface area contributed by atoms with Crippen LogP contribution in [0.2, 0.25) is 0 Å². The van der Waals surface area contributed by atoms with Crippen LogP contribution in [0.15, 0.2) is 58.5 Å². The first-order chi connectivity index (χ1) is 16.8. The number of hydrogen-bond donors (Lipinski definition) is 2. The summed E-state index contributed by atoms with van der Waals surface area (Å²) >= 11 is 0. The first-order valence-corrected chi connectivity index (χ1v) is 12.3. The predicted molar refractivity (Wildman–Crippen MR) is 126 cm³/mol. The quantitative estimate of drug-likeness (QED) is 0.191. The van der Waals surface area contributed by atoms with Crippen molar-refractivity contribution in [2.45, 2.75) is 19.4 Å². The summed E-state index contributed by atoms with van der Waals surface area (Å²) in [5.74, 6) is -0.799. The number of imidazole rings is 1. The van der Waals surface area contributed by atoms with E-state index in [-0.39, 0.29) is 36.2 Å². The number of esters is 1. The molecule has 0 amide bonds. The summed E-state index contributed by atoms with van der Waals surface area (Å²) in [4.78, 5) is 23.5. The van der Waals surface area contributed by atoms with Gasteiger partial charge in [-0.15, -0.1) is 0 Å². The highest BCUT2D eigenvalue weighted by Crippen LogP contribution is 2.44. The first kappa shape index (κ1) is 26.2. The monoisotopic (exact) mass is 508 g/mol. The van der Waals surface area contributed by atoms with Crippen molar-refractivity contribution in [2.24, 2.45) is 15.7 Å². The van der Waals surface area contributed by atoms with Crippen LogP contribution in [0.3, 0.4) is 0 Å². The number of rotatable bonds is 12. The number of nitrogens with two attached hydrogens (primary N) is 1. The lowest BCUT2D eigenvalue weighted by atomic mass is 10.3. The molecule has 2 heterocycles. The van der Waals surface area contributed by atoms with Gasteiger partial charge in [-0.1, -0.05) is 18.2 Å². The Labute approximate surface area is 201 Å². The number of ether oxygens (including phenoxy) is 3. The molecule has 1 aromatic carbocycles. The molecule has 0 spiro atoms. The molecule has 0 unspecified atom stereocenters. The Balaban J connectivity index is 1.71. The van der Waals surface area contributed by atoms with Crippen molar-refractivity contribution in [1.29, 1.82) is 0 Å². The van der Waals surface area contributed by atoms with E-state index in [9.17, 15) is 13.8 Å². The molecule has 3 atom stereocenters. The van der Waals surface area contributed by atoms with Crippen LogP contribution in [0.25, 0.3) is 0 Å². The van der Waals surface area contributed by atoms with Crippen LogP contribution in [0.4, 0.5) is 10.2 Å². The molecular formula is C21H26FN6O6P. The molecule has 0 radical (unpaired) electrons. The van der Waals surface area contributed by atoms with Crippen molar-refractivity contribution in [1.82, 2.24) is 14.6 Å². The summed E-state index contributed by atoms with van der Waals surface area (Å²) in [7, 11) is -2.32. The number of carbonyl (C=O) groups is 1. The minimum Gasteiger partial charge on any atom is -0.465 e. The van der Waals surface area contributed by atoms with Gasteiger partial charge in [0.05, 0.1) is 12.9 Å². The van der Waals surface area contributed by atoms with Gasteiger partial charge in [0.15, 0.2) is 30.5 Å². The van der Waals surface area contributed by atoms with Crippen molar-refractivity contribution in [3.63, 3.8) is 0 Å². The zero-order chi connectivity index (χ0) is 25.4. The van der Waals surface area contributed by atoms with E-state index in [4.69, 9.17) is 24.5 Å². The number of hydrogen-bond acceptors (Lipinski definition) is 9. The fraction of sp³-hybridized carbons (Fsp3) is 0.333. The minimum atomic E-state index is -3.80. The van der Waals surface area contributed by atoms with Gasteiger partial charge in [-0.2, -0.15) is 0 Å². The van der Waals surface area contributed by atoms with E-state index < -0.39 is 38.2 Å². The van der Waals surface area contributed by atoms with Gasteiger partial charge in [0, 0.05) is 13.1 Å². The maximum Gasteiger partial charge on any atom is 0.342 e. The van der Waals surface area contributed by atoms with Crippen LogP contribution in [0.1, 0.15) is 18.8 Å². The average molecular weight is 508 g/mol. The third-order valence-electron chi connectivity index (χ3n) is 4.62. The summed E-state index contributed by atoms with van der Waals surface area (Å²) in [5.41, 5.74) is 6.01. The molecule has 3 rings (SSSR count). The topological polar surface area (TPSA) is 152 Å². The van der Waals surface area contributed by atoms with Gasteiger partial charge >= 0.3 is 13.5 Å². The van der Waals surface area contributed by atoms with Crippen LogP contribution < -0.4 is 15.3 Å². The highest BCUT2D eigenvalue weighted by molar-refractivity contribution is 7.57. The highest BCUT2D eigenvalue weighted by Gasteiger charge is 2.35. The molecule has 35 heavy (non-hydrogen) atoms. The molecule has 0 bridgehead atoms. The number of aromatic nitrogens is 2. The van der Waals surface area contributed by atoms with Crippen molar-refractivity contribution >= 4 is 31.9 Å². The number of aliphatic imine (C=N–C) groups is 2. The molecule has 1 aliphatic rings. The van der Waals surface area contributed by atoms with Gasteiger partial charge < -0.3 is 24.5 Å². The highest BCUT2D eigenvalue weighted by atomic mass is 31.2. The molecule has 2 aromatic rings. The molecule has 1 aromatic heterocycles. The maximum absolute atomic E-state index is 14.7. The Bertz CT molecular complexity index is 1150. The molecule has 0 saturated heterocycles. The minimum absolute atomic E-state index is 0.0907. The van der Waals surface area contributed by atoms with E-state index in [1.807, 2.05) is 0 Å². The van der Waals surface area contributed by atoms with E-state index in [2.05, 4.69) is 26.8 Å². The zero-order valence-electron chi connectivity index (χ0n) is 19.2. The van der Waals surface area contributed by atoms with Crippen molar-refractivity contribution < 1.29 is 32.5 Å². The van der Waals surface area contributed by atoms with E-state index in [1.54, 1.807) is 37.3 Å². The number of carbonyl (C=O) groups excluding carboxylic acids is 1. The van der Waals surface area contributed by atoms with Crippen molar-refractivity contribution in [3.05, 3.63) is 54.3 Å². The number of amidine groups is 1.